The van der Waals surface area contributed by atoms with E-state index in [0.29, 0.717) is 6.04 Å². The summed E-state index contributed by atoms with van der Waals surface area (Å²) in [4.78, 5) is 12.4. The lowest BCUT2D eigenvalue weighted by atomic mass is 9.80. The molecule has 3 atom stereocenters. The predicted molar refractivity (Wildman–Crippen MR) is 81.7 cm³/mol. The molecule has 3 heteroatoms. The molecule has 1 saturated carbocycles. The maximum absolute atomic E-state index is 12.4. The Morgan fingerprint density at radius 2 is 1.85 bits per heavy atom. The largest absolute Gasteiger partial charge is 0.373 e. The van der Waals surface area contributed by atoms with Gasteiger partial charge in [-0.15, -0.1) is 0 Å². The van der Waals surface area contributed by atoms with Gasteiger partial charge in [0.2, 0.25) is 5.91 Å². The van der Waals surface area contributed by atoms with Crippen molar-refractivity contribution in [2.24, 2.45) is 11.8 Å². The lowest BCUT2D eigenvalue weighted by molar-refractivity contribution is -0.122. The van der Waals surface area contributed by atoms with Gasteiger partial charge in [0.15, 0.2) is 0 Å². The topological polar surface area (TPSA) is 41.1 Å². The van der Waals surface area contributed by atoms with Crippen LogP contribution in [0.25, 0.3) is 0 Å². The molecule has 1 aromatic carbocycles. The molecule has 3 nitrogen and oxygen atoms in total. The molecule has 1 aliphatic heterocycles. The maximum atomic E-state index is 12.4. The Hall–Kier alpha value is -1.51. The monoisotopic (exact) mass is 272 g/mol. The Morgan fingerprint density at radius 3 is 2.55 bits per heavy atom. The number of nitrogens with one attached hydrogen (secondary N) is 2. The highest BCUT2D eigenvalue weighted by Gasteiger charge is 2.30. The molecule has 0 saturated heterocycles. The van der Waals surface area contributed by atoms with Gasteiger partial charge in [0.25, 0.3) is 0 Å². The minimum absolute atomic E-state index is 0.0973. The highest BCUT2D eigenvalue weighted by Crippen LogP contribution is 2.29. The van der Waals surface area contributed by atoms with Gasteiger partial charge >= 0.3 is 0 Å². The van der Waals surface area contributed by atoms with Gasteiger partial charge in [0.1, 0.15) is 6.04 Å². The third-order valence-electron chi connectivity index (χ3n) is 4.61. The molecule has 3 rings (SSSR count). The summed E-state index contributed by atoms with van der Waals surface area (Å²) in [6.07, 6.45) is 4.34. The molecule has 20 heavy (non-hydrogen) atoms. The second-order valence-corrected chi connectivity index (χ2v) is 6.68. The summed E-state index contributed by atoms with van der Waals surface area (Å²) in [5.41, 5.74) is 2.36. The fraction of sp³-hybridized carbons (Fsp3) is 0.588. The Bertz CT molecular complexity index is 465. The SMILES string of the molecule is CC1CC(C)CC(NC(=O)C2Cc3ccccc3N2)C1. The number of anilines is 1. The van der Waals surface area contributed by atoms with E-state index < -0.39 is 0 Å². The molecule has 1 fully saturated rings. The summed E-state index contributed by atoms with van der Waals surface area (Å²) in [6.45, 7) is 4.58. The number of para-hydroxylation sites is 1. The van der Waals surface area contributed by atoms with E-state index in [9.17, 15) is 4.79 Å². The molecule has 1 amide bonds. The van der Waals surface area contributed by atoms with Crippen molar-refractivity contribution in [3.8, 4) is 0 Å². The standard InChI is InChI=1S/C17H24N2O/c1-11-7-12(2)9-14(8-11)18-17(20)16-10-13-5-3-4-6-15(13)19-16/h3-6,11-12,14,16,19H,7-10H2,1-2H3,(H,18,20). The van der Waals surface area contributed by atoms with E-state index in [-0.39, 0.29) is 11.9 Å². The van der Waals surface area contributed by atoms with Crippen LogP contribution in [0.5, 0.6) is 0 Å². The van der Waals surface area contributed by atoms with Crippen LogP contribution in [0.3, 0.4) is 0 Å². The van der Waals surface area contributed by atoms with E-state index in [0.717, 1.165) is 36.8 Å². The van der Waals surface area contributed by atoms with E-state index >= 15 is 0 Å². The van der Waals surface area contributed by atoms with Crippen LogP contribution in [-0.4, -0.2) is 18.0 Å². The molecule has 0 radical (unpaired) electrons. The van der Waals surface area contributed by atoms with Crippen molar-refractivity contribution in [3.05, 3.63) is 29.8 Å². The molecule has 2 aliphatic rings. The number of benzene rings is 1. The summed E-state index contributed by atoms with van der Waals surface area (Å²) in [6, 6.07) is 8.45. The van der Waals surface area contributed by atoms with Crippen molar-refractivity contribution in [1.82, 2.24) is 5.32 Å². The van der Waals surface area contributed by atoms with E-state index in [1.54, 1.807) is 0 Å². The Labute approximate surface area is 121 Å². The average molecular weight is 272 g/mol. The number of carbonyl (C=O) groups excluding carboxylic acids is 1. The lowest BCUT2D eigenvalue weighted by Gasteiger charge is -2.32. The second kappa shape index (κ2) is 5.47. The van der Waals surface area contributed by atoms with E-state index in [4.69, 9.17) is 0 Å². The van der Waals surface area contributed by atoms with Gasteiger partial charge in [-0.1, -0.05) is 32.0 Å². The summed E-state index contributed by atoms with van der Waals surface area (Å²) in [5.74, 6) is 1.60. The van der Waals surface area contributed by atoms with Crippen molar-refractivity contribution in [1.29, 1.82) is 0 Å². The first-order valence-corrected chi connectivity index (χ1v) is 7.76. The van der Waals surface area contributed by atoms with E-state index in [2.05, 4.69) is 30.5 Å². The molecule has 1 heterocycles. The van der Waals surface area contributed by atoms with Crippen molar-refractivity contribution in [3.63, 3.8) is 0 Å². The van der Waals surface area contributed by atoms with E-state index in [1.807, 2.05) is 18.2 Å². The van der Waals surface area contributed by atoms with Crippen LogP contribution < -0.4 is 10.6 Å². The molecule has 2 N–H and O–H groups in total. The first-order valence-electron chi connectivity index (χ1n) is 7.76. The van der Waals surface area contributed by atoms with Gasteiger partial charge in [-0.05, 0) is 42.7 Å². The lowest BCUT2D eigenvalue weighted by Crippen LogP contribution is -2.46. The molecule has 0 spiro atoms. The molecule has 108 valence electrons. The fourth-order valence-corrected chi connectivity index (χ4v) is 3.82. The molecule has 1 aromatic rings. The molecule has 0 aromatic heterocycles. The van der Waals surface area contributed by atoms with Gasteiger partial charge < -0.3 is 10.6 Å². The number of fused-ring (bicyclic) bond motifs is 1. The van der Waals surface area contributed by atoms with Gasteiger partial charge in [-0.3, -0.25) is 4.79 Å². The zero-order valence-electron chi connectivity index (χ0n) is 12.4. The molecule has 1 aliphatic carbocycles. The Balaban J connectivity index is 1.58. The zero-order valence-corrected chi connectivity index (χ0v) is 12.4. The number of hydrogen-bond donors (Lipinski definition) is 2. The number of rotatable bonds is 2. The summed E-state index contributed by atoms with van der Waals surface area (Å²) >= 11 is 0. The smallest absolute Gasteiger partial charge is 0.243 e. The van der Waals surface area contributed by atoms with Gasteiger partial charge in [0.05, 0.1) is 0 Å². The van der Waals surface area contributed by atoms with Crippen LogP contribution in [0.1, 0.15) is 38.7 Å². The Kier molecular flexibility index (Phi) is 3.68. The first-order chi connectivity index (χ1) is 9.61. The highest BCUT2D eigenvalue weighted by atomic mass is 16.2. The van der Waals surface area contributed by atoms with Gasteiger partial charge in [0, 0.05) is 18.2 Å². The zero-order chi connectivity index (χ0) is 14.1. The molecule has 3 unspecified atom stereocenters. The van der Waals surface area contributed by atoms with Crippen molar-refractivity contribution in [2.45, 2.75) is 51.6 Å². The van der Waals surface area contributed by atoms with Gasteiger partial charge in [-0.25, -0.2) is 0 Å². The third-order valence-corrected chi connectivity index (χ3v) is 4.61. The predicted octanol–water partition coefficient (Wildman–Crippen LogP) is 2.96. The quantitative estimate of drug-likeness (QED) is 0.869. The van der Waals surface area contributed by atoms with Crippen LogP contribution in [-0.2, 0) is 11.2 Å². The number of amides is 1. The molecular formula is C17H24N2O. The second-order valence-electron chi connectivity index (χ2n) is 6.68. The van der Waals surface area contributed by atoms with Crippen LogP contribution in [0.4, 0.5) is 5.69 Å². The van der Waals surface area contributed by atoms with Crippen molar-refractivity contribution < 1.29 is 4.79 Å². The summed E-state index contributed by atoms with van der Waals surface area (Å²) < 4.78 is 0. The van der Waals surface area contributed by atoms with Crippen molar-refractivity contribution >= 4 is 11.6 Å². The summed E-state index contributed by atoms with van der Waals surface area (Å²) in [5, 5.41) is 6.59. The fourth-order valence-electron chi connectivity index (χ4n) is 3.82. The maximum Gasteiger partial charge on any atom is 0.243 e. The van der Waals surface area contributed by atoms with Crippen LogP contribution >= 0.6 is 0 Å². The number of carbonyl (C=O) groups is 1. The first kappa shape index (κ1) is 13.5. The third kappa shape index (κ3) is 2.82. The number of hydrogen-bond acceptors (Lipinski definition) is 2. The molecule has 0 bridgehead atoms. The highest BCUT2D eigenvalue weighted by molar-refractivity contribution is 5.87. The van der Waals surface area contributed by atoms with Crippen LogP contribution in [0, 0.1) is 11.8 Å². The minimum Gasteiger partial charge on any atom is -0.373 e. The van der Waals surface area contributed by atoms with Gasteiger partial charge in [-0.2, -0.15) is 0 Å². The average Bonchev–Trinajstić information content (AvgIpc) is 2.81. The van der Waals surface area contributed by atoms with Crippen LogP contribution in [0.2, 0.25) is 0 Å². The Morgan fingerprint density at radius 1 is 1.15 bits per heavy atom. The summed E-state index contributed by atoms with van der Waals surface area (Å²) in [7, 11) is 0. The van der Waals surface area contributed by atoms with E-state index in [1.165, 1.54) is 12.0 Å². The van der Waals surface area contributed by atoms with Crippen molar-refractivity contribution in [2.75, 3.05) is 5.32 Å². The molecular weight excluding hydrogens is 248 g/mol. The van der Waals surface area contributed by atoms with Crippen LogP contribution in [0.15, 0.2) is 24.3 Å². The minimum atomic E-state index is -0.0973. The normalized spacial score (nSPS) is 32.3.